The summed E-state index contributed by atoms with van der Waals surface area (Å²) in [7, 11) is 1.40. The molecule has 1 N–H and O–H groups in total. The molecular weight excluding hydrogens is 244 g/mol. The van der Waals surface area contributed by atoms with Gasteiger partial charge in [-0.25, -0.2) is 4.79 Å². The molecule has 0 fully saturated rings. The zero-order chi connectivity index (χ0) is 13.4. The maximum absolute atomic E-state index is 11.4. The number of amides is 1. The number of nitro groups is 1. The molecule has 0 saturated heterocycles. The summed E-state index contributed by atoms with van der Waals surface area (Å²) in [4.78, 5) is 33.6. The lowest BCUT2D eigenvalue weighted by Gasteiger charge is -2.26. The Kier molecular flexibility index (Phi) is 2.62. The highest BCUT2D eigenvalue weighted by atomic mass is 16.6. The molecule has 1 amide bonds. The highest BCUT2D eigenvalue weighted by Crippen LogP contribution is 2.38. The highest BCUT2D eigenvalue weighted by molar-refractivity contribution is 6.02. The second kappa shape index (κ2) is 3.99. The van der Waals surface area contributed by atoms with Crippen LogP contribution in [-0.4, -0.2) is 35.6 Å². The third-order valence-corrected chi connectivity index (χ3v) is 2.57. The lowest BCUT2D eigenvalue weighted by molar-refractivity contribution is -0.384. The molecule has 1 aliphatic heterocycles. The normalized spacial score (nSPS) is 13.8. The minimum Gasteiger partial charge on any atom is -0.481 e. The summed E-state index contributed by atoms with van der Waals surface area (Å²) in [5, 5.41) is 19.7. The molecule has 18 heavy (non-hydrogen) atoms. The number of likely N-dealkylation sites (N-methyl/N-ethyl adjacent to an activating group) is 1. The van der Waals surface area contributed by atoms with Crippen LogP contribution in [0.25, 0.3) is 0 Å². The fourth-order valence-electron chi connectivity index (χ4n) is 1.63. The standard InChI is InChI=1S/C10H8N2O6/c1-11-7-3-5(12(16)17)2-6(10(14)15)9(7)18-4-8(11)13/h2-3H,4H2,1H3,(H,14,15). The van der Waals surface area contributed by atoms with E-state index in [1.165, 1.54) is 7.05 Å². The number of carbonyl (C=O) groups is 2. The van der Waals surface area contributed by atoms with Gasteiger partial charge in [0.15, 0.2) is 12.4 Å². The first-order valence-electron chi connectivity index (χ1n) is 4.87. The van der Waals surface area contributed by atoms with Crippen LogP contribution in [0.3, 0.4) is 0 Å². The first-order chi connectivity index (χ1) is 8.41. The Hall–Kier alpha value is -2.64. The van der Waals surface area contributed by atoms with Crippen molar-refractivity contribution in [3.05, 3.63) is 27.8 Å². The summed E-state index contributed by atoms with van der Waals surface area (Å²) < 4.78 is 5.04. The minimum atomic E-state index is -1.35. The van der Waals surface area contributed by atoms with E-state index in [4.69, 9.17) is 9.84 Å². The van der Waals surface area contributed by atoms with Crippen LogP contribution in [0.1, 0.15) is 10.4 Å². The Morgan fingerprint density at radius 3 is 2.78 bits per heavy atom. The number of anilines is 1. The van der Waals surface area contributed by atoms with Crippen LogP contribution in [0.4, 0.5) is 11.4 Å². The van der Waals surface area contributed by atoms with Gasteiger partial charge in [0.1, 0.15) is 5.56 Å². The molecule has 0 unspecified atom stereocenters. The number of carboxylic acids is 1. The van der Waals surface area contributed by atoms with E-state index in [1.54, 1.807) is 0 Å². The number of aromatic carboxylic acids is 1. The molecule has 0 aliphatic carbocycles. The zero-order valence-electron chi connectivity index (χ0n) is 9.24. The van der Waals surface area contributed by atoms with Crippen LogP contribution in [0.2, 0.25) is 0 Å². The second-order valence-electron chi connectivity index (χ2n) is 3.65. The number of ether oxygens (including phenoxy) is 1. The van der Waals surface area contributed by atoms with Crippen LogP contribution in [0.5, 0.6) is 5.75 Å². The quantitative estimate of drug-likeness (QED) is 0.611. The molecule has 94 valence electrons. The van der Waals surface area contributed by atoms with Crippen LogP contribution in [0, 0.1) is 10.1 Å². The molecule has 0 spiro atoms. The fourth-order valence-corrected chi connectivity index (χ4v) is 1.63. The number of fused-ring (bicyclic) bond motifs is 1. The average molecular weight is 252 g/mol. The first kappa shape index (κ1) is 11.8. The van der Waals surface area contributed by atoms with Crippen molar-refractivity contribution in [2.24, 2.45) is 0 Å². The summed E-state index contributed by atoms with van der Waals surface area (Å²) in [6.07, 6.45) is 0. The van der Waals surface area contributed by atoms with E-state index >= 15 is 0 Å². The molecule has 8 nitrogen and oxygen atoms in total. The third kappa shape index (κ3) is 1.73. The van der Waals surface area contributed by atoms with Gasteiger partial charge in [-0.05, 0) is 0 Å². The molecule has 1 aliphatic rings. The van der Waals surface area contributed by atoms with Gasteiger partial charge in [0.25, 0.3) is 11.6 Å². The molecule has 0 radical (unpaired) electrons. The Balaban J connectivity index is 2.69. The van der Waals surface area contributed by atoms with E-state index in [2.05, 4.69) is 0 Å². The number of nitro benzene ring substituents is 1. The molecule has 0 bridgehead atoms. The topological polar surface area (TPSA) is 110 Å². The maximum Gasteiger partial charge on any atom is 0.339 e. The number of carboxylic acid groups (broad SMARTS) is 1. The maximum atomic E-state index is 11.4. The van der Waals surface area contributed by atoms with Crippen molar-refractivity contribution in [2.75, 3.05) is 18.6 Å². The van der Waals surface area contributed by atoms with Crippen LogP contribution in [-0.2, 0) is 4.79 Å². The molecular formula is C10H8N2O6. The lowest BCUT2D eigenvalue weighted by Crippen LogP contribution is -2.36. The Bertz CT molecular complexity index is 568. The molecule has 1 heterocycles. The Morgan fingerprint density at radius 2 is 2.22 bits per heavy atom. The molecule has 8 heteroatoms. The van der Waals surface area contributed by atoms with Gasteiger partial charge >= 0.3 is 5.97 Å². The predicted molar refractivity (Wildman–Crippen MR) is 59.0 cm³/mol. The molecule has 0 atom stereocenters. The van der Waals surface area contributed by atoms with Crippen molar-refractivity contribution < 1.29 is 24.4 Å². The van der Waals surface area contributed by atoms with Crippen molar-refractivity contribution in [3.8, 4) is 5.75 Å². The Labute approximate surface area is 101 Å². The van der Waals surface area contributed by atoms with E-state index < -0.39 is 22.5 Å². The second-order valence-corrected chi connectivity index (χ2v) is 3.65. The Morgan fingerprint density at radius 1 is 1.56 bits per heavy atom. The van der Waals surface area contributed by atoms with Crippen molar-refractivity contribution in [1.29, 1.82) is 0 Å². The molecule has 1 aromatic rings. The number of non-ortho nitro benzene ring substituents is 1. The number of rotatable bonds is 2. The highest BCUT2D eigenvalue weighted by Gasteiger charge is 2.30. The van der Waals surface area contributed by atoms with Gasteiger partial charge in [-0.15, -0.1) is 0 Å². The molecule has 1 aromatic carbocycles. The predicted octanol–water partition coefficient (Wildman–Crippen LogP) is 0.648. The van der Waals surface area contributed by atoms with Gasteiger partial charge in [-0.1, -0.05) is 0 Å². The molecule has 0 saturated carbocycles. The van der Waals surface area contributed by atoms with E-state index in [1.807, 2.05) is 0 Å². The smallest absolute Gasteiger partial charge is 0.339 e. The number of hydrogen-bond donors (Lipinski definition) is 1. The van der Waals surface area contributed by atoms with Crippen LogP contribution < -0.4 is 9.64 Å². The number of carbonyl (C=O) groups excluding carboxylic acids is 1. The van der Waals surface area contributed by atoms with Gasteiger partial charge in [0, 0.05) is 19.2 Å². The van der Waals surface area contributed by atoms with Gasteiger partial charge in [0.05, 0.1) is 10.6 Å². The van der Waals surface area contributed by atoms with Crippen LogP contribution in [0.15, 0.2) is 12.1 Å². The summed E-state index contributed by atoms with van der Waals surface area (Å²) in [6, 6.07) is 2.02. The van der Waals surface area contributed by atoms with E-state index in [0.29, 0.717) is 0 Å². The molecule has 0 aromatic heterocycles. The summed E-state index contributed by atoms with van der Waals surface area (Å²) >= 11 is 0. The van der Waals surface area contributed by atoms with E-state index in [9.17, 15) is 19.7 Å². The average Bonchev–Trinajstić information content (AvgIpc) is 2.32. The molecule has 2 rings (SSSR count). The lowest BCUT2D eigenvalue weighted by atomic mass is 10.1. The zero-order valence-corrected chi connectivity index (χ0v) is 9.24. The van der Waals surface area contributed by atoms with E-state index in [-0.39, 0.29) is 23.6 Å². The van der Waals surface area contributed by atoms with E-state index in [0.717, 1.165) is 17.0 Å². The van der Waals surface area contributed by atoms with Crippen molar-refractivity contribution in [2.45, 2.75) is 0 Å². The monoisotopic (exact) mass is 252 g/mol. The first-order valence-corrected chi connectivity index (χ1v) is 4.87. The van der Waals surface area contributed by atoms with Crippen LogP contribution >= 0.6 is 0 Å². The van der Waals surface area contributed by atoms with Gasteiger partial charge in [-0.3, -0.25) is 14.9 Å². The SMILES string of the molecule is CN1C(=O)COc2c(C(=O)O)cc([N+](=O)[O-])cc21. The number of nitrogens with zero attached hydrogens (tertiary/aromatic N) is 2. The third-order valence-electron chi connectivity index (χ3n) is 2.57. The van der Waals surface area contributed by atoms with Gasteiger partial charge in [-0.2, -0.15) is 0 Å². The summed E-state index contributed by atoms with van der Waals surface area (Å²) in [6.45, 7) is -0.290. The summed E-state index contributed by atoms with van der Waals surface area (Å²) in [5.41, 5.74) is -0.660. The van der Waals surface area contributed by atoms with Gasteiger partial charge in [0.2, 0.25) is 0 Å². The summed E-state index contributed by atoms with van der Waals surface area (Å²) in [5.74, 6) is -1.78. The fraction of sp³-hybridized carbons (Fsp3) is 0.200. The van der Waals surface area contributed by atoms with Gasteiger partial charge < -0.3 is 14.7 Å². The van der Waals surface area contributed by atoms with Crippen molar-refractivity contribution >= 4 is 23.3 Å². The number of hydrogen-bond acceptors (Lipinski definition) is 5. The van der Waals surface area contributed by atoms with Crippen molar-refractivity contribution in [3.63, 3.8) is 0 Å². The number of benzene rings is 1. The largest absolute Gasteiger partial charge is 0.481 e. The van der Waals surface area contributed by atoms with Crippen molar-refractivity contribution in [1.82, 2.24) is 0 Å². The minimum absolute atomic E-state index is 0.0322.